The Morgan fingerprint density at radius 2 is 2.35 bits per heavy atom. The lowest BCUT2D eigenvalue weighted by molar-refractivity contribution is -0.124. The monoisotopic (exact) mass is 279 g/mol. The van der Waals surface area contributed by atoms with E-state index in [2.05, 4.69) is 5.32 Å². The Hall–Kier alpha value is -1.59. The Labute approximate surface area is 118 Å². The smallest absolute Gasteiger partial charge is 0.258 e. The van der Waals surface area contributed by atoms with Crippen LogP contribution in [-0.4, -0.2) is 37.4 Å². The van der Waals surface area contributed by atoms with Crippen molar-refractivity contribution in [2.45, 2.75) is 31.9 Å². The number of amides is 1. The standard InChI is InChI=1S/C15H21NO4/c1-10(8-19-2)16-15(18)9-20-12-4-5-13-11(7-12)3-6-14(13)17/h4-5,7,10,14,17H,3,6,8-9H2,1-2H3,(H,16,18). The van der Waals surface area contributed by atoms with Crippen LogP contribution in [-0.2, 0) is 16.0 Å². The van der Waals surface area contributed by atoms with Gasteiger partial charge in [-0.1, -0.05) is 6.07 Å². The van der Waals surface area contributed by atoms with Crippen LogP contribution < -0.4 is 10.1 Å². The van der Waals surface area contributed by atoms with Gasteiger partial charge < -0.3 is 19.9 Å². The van der Waals surface area contributed by atoms with E-state index in [1.165, 1.54) is 0 Å². The van der Waals surface area contributed by atoms with Crippen LogP contribution in [0.25, 0.3) is 0 Å². The maximum absolute atomic E-state index is 11.7. The van der Waals surface area contributed by atoms with Crippen LogP contribution in [0.5, 0.6) is 5.75 Å². The van der Waals surface area contributed by atoms with Gasteiger partial charge in [0.1, 0.15) is 5.75 Å². The first-order valence-corrected chi connectivity index (χ1v) is 6.82. The number of hydrogen-bond acceptors (Lipinski definition) is 4. The number of methoxy groups -OCH3 is 1. The molecule has 2 unspecified atom stereocenters. The third-order valence-corrected chi connectivity index (χ3v) is 3.35. The van der Waals surface area contributed by atoms with Crippen molar-refractivity contribution in [3.8, 4) is 5.75 Å². The third kappa shape index (κ3) is 3.71. The summed E-state index contributed by atoms with van der Waals surface area (Å²) in [6.45, 7) is 2.33. The second-order valence-corrected chi connectivity index (χ2v) is 5.13. The van der Waals surface area contributed by atoms with Gasteiger partial charge in [-0.05, 0) is 43.0 Å². The molecule has 110 valence electrons. The molecule has 0 heterocycles. The minimum atomic E-state index is -0.364. The van der Waals surface area contributed by atoms with Crippen LogP contribution >= 0.6 is 0 Å². The molecule has 1 aliphatic carbocycles. The SMILES string of the molecule is COCC(C)NC(=O)COc1ccc2c(c1)CCC2O. The molecule has 0 saturated carbocycles. The van der Waals surface area contributed by atoms with Crippen molar-refractivity contribution in [2.75, 3.05) is 20.3 Å². The second kappa shape index (κ2) is 6.72. The Bertz CT molecular complexity index is 475. The molecular formula is C15H21NO4. The normalized spacial score (nSPS) is 18.4. The molecule has 0 fully saturated rings. The number of rotatable bonds is 6. The minimum absolute atomic E-state index is 0.0185. The predicted octanol–water partition coefficient (Wildman–Crippen LogP) is 1.20. The first-order valence-electron chi connectivity index (χ1n) is 6.82. The van der Waals surface area contributed by atoms with Gasteiger partial charge in [-0.3, -0.25) is 4.79 Å². The molecule has 1 aromatic rings. The lowest BCUT2D eigenvalue weighted by Crippen LogP contribution is -2.38. The van der Waals surface area contributed by atoms with Gasteiger partial charge >= 0.3 is 0 Å². The Balaban J connectivity index is 1.84. The highest BCUT2D eigenvalue weighted by atomic mass is 16.5. The number of aryl methyl sites for hydroxylation is 1. The summed E-state index contributed by atoms with van der Waals surface area (Å²) in [6.07, 6.45) is 1.25. The molecule has 0 aromatic heterocycles. The van der Waals surface area contributed by atoms with Crippen molar-refractivity contribution in [1.82, 2.24) is 5.32 Å². The Kier molecular flexibility index (Phi) is 4.98. The number of hydrogen-bond donors (Lipinski definition) is 2. The van der Waals surface area contributed by atoms with Crippen molar-refractivity contribution in [2.24, 2.45) is 0 Å². The average Bonchev–Trinajstić information content (AvgIpc) is 2.78. The molecule has 2 rings (SSSR count). The van der Waals surface area contributed by atoms with Crippen LogP contribution in [0.15, 0.2) is 18.2 Å². The van der Waals surface area contributed by atoms with Crippen molar-refractivity contribution in [3.05, 3.63) is 29.3 Å². The highest BCUT2D eigenvalue weighted by Crippen LogP contribution is 2.33. The average molecular weight is 279 g/mol. The lowest BCUT2D eigenvalue weighted by Gasteiger charge is -2.13. The van der Waals surface area contributed by atoms with Gasteiger partial charge in [0.15, 0.2) is 6.61 Å². The highest BCUT2D eigenvalue weighted by Gasteiger charge is 2.20. The maximum Gasteiger partial charge on any atom is 0.258 e. The van der Waals surface area contributed by atoms with Gasteiger partial charge in [0.2, 0.25) is 0 Å². The number of aliphatic hydroxyl groups is 1. The number of fused-ring (bicyclic) bond motifs is 1. The summed E-state index contributed by atoms with van der Waals surface area (Å²) in [5.74, 6) is 0.488. The molecule has 2 atom stereocenters. The fraction of sp³-hybridized carbons (Fsp3) is 0.533. The first kappa shape index (κ1) is 14.8. The molecular weight excluding hydrogens is 258 g/mol. The molecule has 20 heavy (non-hydrogen) atoms. The molecule has 0 aliphatic heterocycles. The molecule has 1 amide bonds. The van der Waals surface area contributed by atoms with Gasteiger partial charge in [-0.2, -0.15) is 0 Å². The minimum Gasteiger partial charge on any atom is -0.484 e. The Morgan fingerprint density at radius 1 is 1.55 bits per heavy atom. The zero-order chi connectivity index (χ0) is 14.5. The first-order chi connectivity index (χ1) is 9.60. The topological polar surface area (TPSA) is 67.8 Å². The summed E-state index contributed by atoms with van der Waals surface area (Å²) in [6, 6.07) is 5.52. The van der Waals surface area contributed by atoms with Gasteiger partial charge in [0.05, 0.1) is 12.7 Å². The molecule has 5 heteroatoms. The molecule has 1 aromatic carbocycles. The van der Waals surface area contributed by atoms with E-state index < -0.39 is 0 Å². The van der Waals surface area contributed by atoms with Crippen molar-refractivity contribution in [3.63, 3.8) is 0 Å². The van der Waals surface area contributed by atoms with Gasteiger partial charge in [0.25, 0.3) is 5.91 Å². The second-order valence-electron chi connectivity index (χ2n) is 5.13. The molecule has 0 radical (unpaired) electrons. The maximum atomic E-state index is 11.7. The number of carbonyl (C=O) groups is 1. The van der Waals surface area contributed by atoms with E-state index in [1.54, 1.807) is 13.2 Å². The zero-order valence-corrected chi connectivity index (χ0v) is 11.9. The van der Waals surface area contributed by atoms with Crippen LogP contribution in [0.4, 0.5) is 0 Å². The fourth-order valence-electron chi connectivity index (χ4n) is 2.42. The molecule has 0 saturated heterocycles. The summed E-state index contributed by atoms with van der Waals surface area (Å²) in [4.78, 5) is 11.7. The molecule has 5 nitrogen and oxygen atoms in total. The van der Waals surface area contributed by atoms with E-state index in [1.807, 2.05) is 19.1 Å². The van der Waals surface area contributed by atoms with E-state index in [0.717, 1.165) is 24.0 Å². The summed E-state index contributed by atoms with van der Waals surface area (Å²) < 4.78 is 10.4. The Morgan fingerprint density at radius 3 is 3.10 bits per heavy atom. The number of benzene rings is 1. The molecule has 1 aliphatic rings. The molecule has 0 bridgehead atoms. The highest BCUT2D eigenvalue weighted by molar-refractivity contribution is 5.77. The lowest BCUT2D eigenvalue weighted by atomic mass is 10.1. The van der Waals surface area contributed by atoms with Crippen molar-refractivity contribution in [1.29, 1.82) is 0 Å². The quantitative estimate of drug-likeness (QED) is 0.821. The van der Waals surface area contributed by atoms with E-state index >= 15 is 0 Å². The predicted molar refractivity (Wildman–Crippen MR) is 74.7 cm³/mol. The van der Waals surface area contributed by atoms with Crippen LogP contribution in [0.3, 0.4) is 0 Å². The fourth-order valence-corrected chi connectivity index (χ4v) is 2.42. The number of aliphatic hydroxyl groups excluding tert-OH is 1. The molecule has 2 N–H and O–H groups in total. The summed E-state index contributed by atoms with van der Waals surface area (Å²) in [7, 11) is 1.60. The van der Waals surface area contributed by atoms with E-state index in [4.69, 9.17) is 9.47 Å². The third-order valence-electron chi connectivity index (χ3n) is 3.35. The summed E-state index contributed by atoms with van der Waals surface area (Å²) >= 11 is 0. The van der Waals surface area contributed by atoms with E-state index in [9.17, 15) is 9.90 Å². The number of carbonyl (C=O) groups excluding carboxylic acids is 1. The van der Waals surface area contributed by atoms with Gasteiger partial charge in [-0.25, -0.2) is 0 Å². The summed E-state index contributed by atoms with van der Waals surface area (Å²) in [5.41, 5.74) is 2.07. The number of ether oxygens (including phenoxy) is 2. The van der Waals surface area contributed by atoms with Crippen molar-refractivity contribution >= 4 is 5.91 Å². The van der Waals surface area contributed by atoms with Crippen LogP contribution in [0.1, 0.15) is 30.6 Å². The zero-order valence-electron chi connectivity index (χ0n) is 11.9. The van der Waals surface area contributed by atoms with Crippen LogP contribution in [0, 0.1) is 0 Å². The van der Waals surface area contributed by atoms with Crippen LogP contribution in [0.2, 0.25) is 0 Å². The summed E-state index contributed by atoms with van der Waals surface area (Å²) in [5, 5.41) is 12.5. The van der Waals surface area contributed by atoms with Gasteiger partial charge in [0, 0.05) is 13.2 Å². The van der Waals surface area contributed by atoms with Gasteiger partial charge in [-0.15, -0.1) is 0 Å². The van der Waals surface area contributed by atoms with E-state index in [0.29, 0.717) is 12.4 Å². The largest absolute Gasteiger partial charge is 0.484 e. The molecule has 0 spiro atoms. The van der Waals surface area contributed by atoms with E-state index in [-0.39, 0.29) is 24.7 Å². The van der Waals surface area contributed by atoms with Crippen molar-refractivity contribution < 1.29 is 19.4 Å². The number of nitrogens with one attached hydrogen (secondary N) is 1.